The number of ether oxygens (including phenoxy) is 1. The highest BCUT2D eigenvalue weighted by Crippen LogP contribution is 2.30. The fourth-order valence-electron chi connectivity index (χ4n) is 2.88. The van der Waals surface area contributed by atoms with E-state index in [9.17, 15) is 9.18 Å². The average Bonchev–Trinajstić information content (AvgIpc) is 2.53. The van der Waals surface area contributed by atoms with Gasteiger partial charge in [0, 0.05) is 18.0 Å². The number of benzene rings is 1. The summed E-state index contributed by atoms with van der Waals surface area (Å²) in [6, 6.07) is 4.13. The van der Waals surface area contributed by atoms with E-state index in [1.807, 2.05) is 0 Å². The van der Waals surface area contributed by atoms with E-state index in [-0.39, 0.29) is 11.7 Å². The van der Waals surface area contributed by atoms with Gasteiger partial charge in [-0.15, -0.1) is 11.6 Å². The maximum absolute atomic E-state index is 13.3. The van der Waals surface area contributed by atoms with Gasteiger partial charge in [0.05, 0.1) is 7.11 Å². The van der Waals surface area contributed by atoms with Crippen LogP contribution in [-0.2, 0) is 0 Å². The molecule has 1 fully saturated rings. The Morgan fingerprint density at radius 1 is 1.38 bits per heavy atom. The van der Waals surface area contributed by atoms with Crippen molar-refractivity contribution in [3.63, 3.8) is 0 Å². The van der Waals surface area contributed by atoms with Crippen molar-refractivity contribution in [1.29, 1.82) is 0 Å². The molecule has 0 spiro atoms. The fraction of sp³-hybridized carbons (Fsp3) is 0.562. The molecule has 0 aliphatic heterocycles. The highest BCUT2D eigenvalue weighted by molar-refractivity contribution is 6.18. The Bertz CT molecular complexity index is 495. The summed E-state index contributed by atoms with van der Waals surface area (Å²) in [4.78, 5) is 12.1. The quantitative estimate of drug-likeness (QED) is 0.843. The van der Waals surface area contributed by atoms with Crippen molar-refractivity contribution in [1.82, 2.24) is 5.32 Å². The maximum Gasteiger partial charge on any atom is 0.251 e. The van der Waals surface area contributed by atoms with Crippen LogP contribution < -0.4 is 10.1 Å². The number of carbonyl (C=O) groups excluding carboxylic acids is 1. The average molecular weight is 314 g/mol. The Kier molecular flexibility index (Phi) is 5.85. The van der Waals surface area contributed by atoms with Gasteiger partial charge in [0.25, 0.3) is 5.91 Å². The smallest absolute Gasteiger partial charge is 0.251 e. The van der Waals surface area contributed by atoms with E-state index in [4.69, 9.17) is 16.3 Å². The van der Waals surface area contributed by atoms with Crippen LogP contribution in [0.5, 0.6) is 5.75 Å². The van der Waals surface area contributed by atoms with Gasteiger partial charge in [0.15, 0.2) is 11.6 Å². The Morgan fingerprint density at radius 3 is 2.76 bits per heavy atom. The Morgan fingerprint density at radius 2 is 2.10 bits per heavy atom. The second kappa shape index (κ2) is 7.64. The minimum Gasteiger partial charge on any atom is -0.494 e. The molecule has 2 unspecified atom stereocenters. The van der Waals surface area contributed by atoms with Gasteiger partial charge < -0.3 is 10.1 Å². The zero-order valence-electron chi connectivity index (χ0n) is 12.2. The summed E-state index contributed by atoms with van der Waals surface area (Å²) < 4.78 is 18.2. The molecule has 1 N–H and O–H groups in total. The number of halogens is 2. The van der Waals surface area contributed by atoms with Gasteiger partial charge in [0.1, 0.15) is 0 Å². The van der Waals surface area contributed by atoms with Gasteiger partial charge in [-0.1, -0.05) is 12.8 Å². The molecule has 1 saturated carbocycles. The normalized spacial score (nSPS) is 21.9. The van der Waals surface area contributed by atoms with Crippen molar-refractivity contribution < 1.29 is 13.9 Å². The molecule has 0 bridgehead atoms. The lowest BCUT2D eigenvalue weighted by Crippen LogP contribution is -2.34. The van der Waals surface area contributed by atoms with Gasteiger partial charge in [-0.3, -0.25) is 4.79 Å². The predicted octanol–water partition coefficient (Wildman–Crippen LogP) is 3.61. The topological polar surface area (TPSA) is 38.3 Å². The minimum atomic E-state index is -0.469. The first-order chi connectivity index (χ1) is 10.2. The molecule has 2 atom stereocenters. The maximum atomic E-state index is 13.3. The van der Waals surface area contributed by atoms with E-state index < -0.39 is 5.82 Å². The number of nitrogens with one attached hydrogen (secondary N) is 1. The summed E-state index contributed by atoms with van der Waals surface area (Å²) in [5.41, 5.74) is 0.409. The number of carbonyl (C=O) groups is 1. The molecule has 0 saturated heterocycles. The minimum absolute atomic E-state index is 0.0824. The molecule has 0 heterocycles. The molecule has 1 aromatic carbocycles. The summed E-state index contributed by atoms with van der Waals surface area (Å²) in [6.07, 6.45) is 4.65. The van der Waals surface area contributed by atoms with E-state index in [2.05, 4.69) is 5.32 Å². The molecule has 1 aliphatic rings. The Labute approximate surface area is 129 Å². The molecule has 5 heteroatoms. The van der Waals surface area contributed by atoms with Gasteiger partial charge >= 0.3 is 0 Å². The van der Waals surface area contributed by atoms with Crippen LogP contribution in [0.4, 0.5) is 4.39 Å². The standard InChI is InChI=1S/C16H21ClFNO2/c1-21-15-8-11(6-7-14(15)18)16(20)19-10-13-5-3-2-4-12(13)9-17/h6-8,12-13H,2-5,9-10H2,1H3,(H,19,20). The van der Waals surface area contributed by atoms with Crippen LogP contribution >= 0.6 is 11.6 Å². The second-order valence-electron chi connectivity index (χ2n) is 5.52. The highest BCUT2D eigenvalue weighted by atomic mass is 35.5. The van der Waals surface area contributed by atoms with Crippen molar-refractivity contribution >= 4 is 17.5 Å². The summed E-state index contributed by atoms with van der Waals surface area (Å²) in [5, 5.41) is 2.93. The van der Waals surface area contributed by atoms with Gasteiger partial charge in [-0.2, -0.15) is 0 Å². The summed E-state index contributed by atoms with van der Waals surface area (Å²) in [5.74, 6) is 0.964. The van der Waals surface area contributed by atoms with Crippen molar-refractivity contribution in [2.24, 2.45) is 11.8 Å². The molecule has 1 aromatic rings. The van der Waals surface area contributed by atoms with Crippen molar-refractivity contribution in [3.8, 4) is 5.75 Å². The zero-order chi connectivity index (χ0) is 15.2. The van der Waals surface area contributed by atoms with Crippen molar-refractivity contribution in [2.75, 3.05) is 19.5 Å². The van der Waals surface area contributed by atoms with E-state index in [0.717, 1.165) is 12.8 Å². The van der Waals surface area contributed by atoms with Crippen LogP contribution in [-0.4, -0.2) is 25.4 Å². The molecule has 1 amide bonds. The summed E-state index contributed by atoms with van der Waals surface area (Å²) in [7, 11) is 1.38. The molecule has 1 aliphatic carbocycles. The highest BCUT2D eigenvalue weighted by Gasteiger charge is 2.24. The zero-order valence-corrected chi connectivity index (χ0v) is 13.0. The first kappa shape index (κ1) is 16.1. The molecular weight excluding hydrogens is 293 g/mol. The SMILES string of the molecule is COc1cc(C(=O)NCC2CCCCC2CCl)ccc1F. The van der Waals surface area contributed by atoms with Crippen LogP contribution in [0.3, 0.4) is 0 Å². The Hall–Kier alpha value is -1.29. The number of alkyl halides is 1. The number of hydrogen-bond donors (Lipinski definition) is 1. The van der Waals surface area contributed by atoms with Crippen molar-refractivity contribution in [3.05, 3.63) is 29.6 Å². The first-order valence-corrected chi connectivity index (χ1v) is 7.87. The molecule has 21 heavy (non-hydrogen) atoms. The third kappa shape index (κ3) is 4.10. The lowest BCUT2D eigenvalue weighted by molar-refractivity contribution is 0.0936. The van der Waals surface area contributed by atoms with Crippen LogP contribution in [0.25, 0.3) is 0 Å². The third-order valence-corrected chi connectivity index (χ3v) is 4.60. The summed E-state index contributed by atoms with van der Waals surface area (Å²) >= 11 is 5.99. The lowest BCUT2D eigenvalue weighted by atomic mass is 9.80. The molecule has 2 rings (SSSR count). The summed E-state index contributed by atoms with van der Waals surface area (Å²) in [6.45, 7) is 0.621. The lowest BCUT2D eigenvalue weighted by Gasteiger charge is -2.30. The largest absolute Gasteiger partial charge is 0.494 e. The van der Waals surface area contributed by atoms with Crippen LogP contribution in [0.15, 0.2) is 18.2 Å². The van der Waals surface area contributed by atoms with E-state index in [1.165, 1.54) is 38.2 Å². The van der Waals surface area contributed by atoms with Gasteiger partial charge in [-0.25, -0.2) is 4.39 Å². The number of methoxy groups -OCH3 is 1. The monoisotopic (exact) mass is 313 g/mol. The second-order valence-corrected chi connectivity index (χ2v) is 5.83. The molecule has 0 aromatic heterocycles. The molecule has 0 radical (unpaired) electrons. The predicted molar refractivity (Wildman–Crippen MR) is 81.5 cm³/mol. The molecule has 116 valence electrons. The van der Waals surface area contributed by atoms with E-state index >= 15 is 0 Å². The van der Waals surface area contributed by atoms with Crippen LogP contribution in [0.1, 0.15) is 36.0 Å². The Balaban J connectivity index is 1.95. The van der Waals surface area contributed by atoms with E-state index in [0.29, 0.717) is 29.8 Å². The van der Waals surface area contributed by atoms with Gasteiger partial charge in [0.2, 0.25) is 0 Å². The third-order valence-electron chi connectivity index (χ3n) is 4.20. The molecular formula is C16H21ClFNO2. The molecule has 3 nitrogen and oxygen atoms in total. The number of hydrogen-bond acceptors (Lipinski definition) is 2. The number of rotatable bonds is 5. The number of amides is 1. The van der Waals surface area contributed by atoms with Gasteiger partial charge in [-0.05, 0) is 42.9 Å². The van der Waals surface area contributed by atoms with Crippen molar-refractivity contribution in [2.45, 2.75) is 25.7 Å². The van der Waals surface area contributed by atoms with Crippen LogP contribution in [0.2, 0.25) is 0 Å². The fourth-order valence-corrected chi connectivity index (χ4v) is 3.29. The van der Waals surface area contributed by atoms with Crippen LogP contribution in [0, 0.1) is 17.7 Å². The van der Waals surface area contributed by atoms with E-state index in [1.54, 1.807) is 0 Å². The first-order valence-electron chi connectivity index (χ1n) is 7.33.